The average Bonchev–Trinajstić information content (AvgIpc) is 2.35. The van der Waals surface area contributed by atoms with Crippen LogP contribution in [0.3, 0.4) is 0 Å². The summed E-state index contributed by atoms with van der Waals surface area (Å²) in [5.74, 6) is -1.78. The molecular weight excluding hydrogens is 268 g/mol. The van der Waals surface area contributed by atoms with E-state index in [1.807, 2.05) is 0 Å². The summed E-state index contributed by atoms with van der Waals surface area (Å²) in [6, 6.07) is 4.51. The molecule has 0 bridgehead atoms. The monoisotopic (exact) mass is 284 g/mol. The maximum Gasteiger partial charge on any atom is 0.330 e. The third kappa shape index (κ3) is 3.94. The summed E-state index contributed by atoms with van der Waals surface area (Å²) in [5.41, 5.74) is 6.02. The number of aliphatic carboxylic acids is 1. The van der Waals surface area contributed by atoms with Gasteiger partial charge in [0.05, 0.1) is 6.04 Å². The molecule has 0 fully saturated rings. The van der Waals surface area contributed by atoms with Gasteiger partial charge in [0.15, 0.2) is 6.04 Å². The molecule has 0 spiro atoms. The predicted molar refractivity (Wildman–Crippen MR) is 72.8 cm³/mol. The molecule has 6 heteroatoms. The molecule has 0 radical (unpaired) electrons. The largest absolute Gasteiger partial charge is 0.479 e. The Labute approximate surface area is 116 Å². The molecule has 5 nitrogen and oxygen atoms in total. The van der Waals surface area contributed by atoms with Gasteiger partial charge in [0.25, 0.3) is 0 Å². The number of carbonyl (C=O) groups is 2. The van der Waals surface area contributed by atoms with E-state index in [0.29, 0.717) is 5.56 Å². The van der Waals surface area contributed by atoms with Crippen LogP contribution in [0.5, 0.6) is 0 Å². The van der Waals surface area contributed by atoms with E-state index < -0.39 is 24.0 Å². The van der Waals surface area contributed by atoms with Gasteiger partial charge in [-0.25, -0.2) is 4.79 Å². The van der Waals surface area contributed by atoms with Crippen LogP contribution in [-0.2, 0) is 9.59 Å². The molecule has 1 aromatic rings. The van der Waals surface area contributed by atoms with E-state index in [1.165, 1.54) is 0 Å². The third-order valence-corrected chi connectivity index (χ3v) is 3.11. The molecule has 1 aromatic carbocycles. The molecule has 1 amide bonds. The lowest BCUT2D eigenvalue weighted by Gasteiger charge is -2.20. The zero-order chi connectivity index (χ0) is 14.6. The van der Waals surface area contributed by atoms with Gasteiger partial charge in [-0.1, -0.05) is 43.6 Å². The Morgan fingerprint density at radius 1 is 1.32 bits per heavy atom. The highest BCUT2D eigenvalue weighted by molar-refractivity contribution is 6.31. The molecule has 0 saturated carbocycles. The van der Waals surface area contributed by atoms with Crippen LogP contribution in [0.1, 0.15) is 25.5 Å². The minimum atomic E-state index is -1.20. The van der Waals surface area contributed by atoms with E-state index in [4.69, 9.17) is 17.3 Å². The van der Waals surface area contributed by atoms with Gasteiger partial charge in [-0.2, -0.15) is 0 Å². The van der Waals surface area contributed by atoms with Gasteiger partial charge in [-0.3, -0.25) is 4.79 Å². The molecule has 1 unspecified atom stereocenters. The van der Waals surface area contributed by atoms with Crippen molar-refractivity contribution >= 4 is 23.5 Å². The Bertz CT molecular complexity index is 477. The number of nitrogens with one attached hydrogen (secondary N) is 1. The van der Waals surface area contributed by atoms with Crippen molar-refractivity contribution < 1.29 is 14.7 Å². The van der Waals surface area contributed by atoms with Crippen molar-refractivity contribution in [2.24, 2.45) is 11.7 Å². The van der Waals surface area contributed by atoms with Crippen LogP contribution in [0.2, 0.25) is 5.02 Å². The maximum atomic E-state index is 11.8. The molecule has 0 aliphatic carbocycles. The maximum absolute atomic E-state index is 11.8. The highest BCUT2D eigenvalue weighted by Crippen LogP contribution is 2.23. The molecule has 2 atom stereocenters. The smallest absolute Gasteiger partial charge is 0.330 e. The minimum absolute atomic E-state index is 0.0827. The Kier molecular flexibility index (Phi) is 5.32. The number of amides is 1. The summed E-state index contributed by atoms with van der Waals surface area (Å²) in [5, 5.41) is 11.9. The zero-order valence-electron chi connectivity index (χ0n) is 10.8. The van der Waals surface area contributed by atoms with Crippen LogP contribution in [0.15, 0.2) is 24.3 Å². The van der Waals surface area contributed by atoms with Crippen molar-refractivity contribution in [3.05, 3.63) is 34.9 Å². The number of nitrogens with two attached hydrogens (primary N) is 1. The lowest BCUT2D eigenvalue weighted by molar-refractivity contribution is -0.142. The molecule has 4 N–H and O–H groups in total. The van der Waals surface area contributed by atoms with Crippen LogP contribution < -0.4 is 11.1 Å². The highest BCUT2D eigenvalue weighted by Gasteiger charge is 2.27. The van der Waals surface area contributed by atoms with Crippen molar-refractivity contribution in [3.8, 4) is 0 Å². The summed E-state index contributed by atoms with van der Waals surface area (Å²) in [7, 11) is 0. The fraction of sp³-hybridized carbons (Fsp3) is 0.385. The number of hydrogen-bond acceptors (Lipinski definition) is 3. The molecule has 0 heterocycles. The number of carbonyl (C=O) groups excluding carboxylic acids is 1. The Balaban J connectivity index is 2.95. The van der Waals surface area contributed by atoms with Gasteiger partial charge < -0.3 is 16.2 Å². The first kappa shape index (κ1) is 15.5. The summed E-state index contributed by atoms with van der Waals surface area (Å²) >= 11 is 5.94. The van der Waals surface area contributed by atoms with E-state index in [-0.39, 0.29) is 10.9 Å². The first-order chi connectivity index (χ1) is 8.84. The van der Waals surface area contributed by atoms with Crippen LogP contribution >= 0.6 is 11.6 Å². The van der Waals surface area contributed by atoms with Crippen LogP contribution in [0.25, 0.3) is 0 Å². The van der Waals surface area contributed by atoms with Crippen LogP contribution in [0.4, 0.5) is 0 Å². The van der Waals surface area contributed by atoms with Crippen molar-refractivity contribution in [2.75, 3.05) is 0 Å². The summed E-state index contributed by atoms with van der Waals surface area (Å²) in [6.07, 6.45) is 0. The highest BCUT2D eigenvalue weighted by atomic mass is 35.5. The van der Waals surface area contributed by atoms with E-state index in [2.05, 4.69) is 5.32 Å². The van der Waals surface area contributed by atoms with Crippen molar-refractivity contribution in [2.45, 2.75) is 25.9 Å². The van der Waals surface area contributed by atoms with Gasteiger partial charge in [0.2, 0.25) is 5.91 Å². The minimum Gasteiger partial charge on any atom is -0.479 e. The van der Waals surface area contributed by atoms with Crippen molar-refractivity contribution in [3.63, 3.8) is 0 Å². The molecular formula is C13H17ClN2O3. The topological polar surface area (TPSA) is 92.4 Å². The van der Waals surface area contributed by atoms with Crippen molar-refractivity contribution in [1.82, 2.24) is 5.32 Å². The predicted octanol–water partition coefficient (Wildman–Crippen LogP) is 1.57. The standard InChI is InChI=1S/C13H17ClN2O3/c1-7(2)10(15)12(17)16-11(13(18)19)8-5-3-4-6-9(8)14/h3-7,10-11H,15H2,1-2H3,(H,16,17)(H,18,19)/t10?,11-/m1/s1. The normalized spacial score (nSPS) is 13.9. The summed E-state index contributed by atoms with van der Waals surface area (Å²) in [6.45, 7) is 3.57. The number of carboxylic acid groups (broad SMARTS) is 1. The molecule has 0 aromatic heterocycles. The fourth-order valence-corrected chi connectivity index (χ4v) is 1.77. The number of carboxylic acids is 1. The Morgan fingerprint density at radius 2 is 1.89 bits per heavy atom. The van der Waals surface area contributed by atoms with Crippen LogP contribution in [-0.4, -0.2) is 23.0 Å². The second-order valence-corrected chi connectivity index (χ2v) is 4.98. The SMILES string of the molecule is CC(C)C(N)C(=O)N[C@@H](C(=O)O)c1ccccc1Cl. The first-order valence-electron chi connectivity index (χ1n) is 5.87. The van der Waals surface area contributed by atoms with E-state index in [1.54, 1.807) is 38.1 Å². The Hall–Kier alpha value is -1.59. The first-order valence-corrected chi connectivity index (χ1v) is 6.25. The average molecular weight is 285 g/mol. The van der Waals surface area contributed by atoms with Gasteiger partial charge in [-0.05, 0) is 12.0 Å². The quantitative estimate of drug-likeness (QED) is 0.765. The van der Waals surface area contributed by atoms with Crippen molar-refractivity contribution in [1.29, 1.82) is 0 Å². The van der Waals surface area contributed by atoms with E-state index in [9.17, 15) is 14.7 Å². The van der Waals surface area contributed by atoms with E-state index in [0.717, 1.165) is 0 Å². The second kappa shape index (κ2) is 6.54. The lowest BCUT2D eigenvalue weighted by atomic mass is 10.0. The summed E-state index contributed by atoms with van der Waals surface area (Å²) in [4.78, 5) is 23.1. The molecule has 19 heavy (non-hydrogen) atoms. The molecule has 104 valence electrons. The number of benzene rings is 1. The van der Waals surface area contributed by atoms with Crippen LogP contribution in [0, 0.1) is 5.92 Å². The van der Waals surface area contributed by atoms with Gasteiger partial charge in [0, 0.05) is 10.6 Å². The summed E-state index contributed by atoms with van der Waals surface area (Å²) < 4.78 is 0. The van der Waals surface area contributed by atoms with Gasteiger partial charge in [0.1, 0.15) is 0 Å². The van der Waals surface area contributed by atoms with Gasteiger partial charge in [-0.15, -0.1) is 0 Å². The number of halogens is 1. The molecule has 0 saturated heterocycles. The Morgan fingerprint density at radius 3 is 2.37 bits per heavy atom. The second-order valence-electron chi connectivity index (χ2n) is 4.57. The van der Waals surface area contributed by atoms with Gasteiger partial charge >= 0.3 is 5.97 Å². The molecule has 1 rings (SSSR count). The third-order valence-electron chi connectivity index (χ3n) is 2.77. The molecule has 0 aliphatic heterocycles. The number of rotatable bonds is 5. The number of hydrogen-bond donors (Lipinski definition) is 3. The fourth-order valence-electron chi connectivity index (χ4n) is 1.52. The zero-order valence-corrected chi connectivity index (χ0v) is 11.5. The lowest BCUT2D eigenvalue weighted by Crippen LogP contribution is -2.46. The molecule has 0 aliphatic rings. The van der Waals surface area contributed by atoms with E-state index >= 15 is 0 Å².